The molecule has 0 saturated heterocycles. The fourth-order valence-corrected chi connectivity index (χ4v) is 2.14. The molecule has 1 atom stereocenters. The van der Waals surface area contributed by atoms with Gasteiger partial charge in [0.1, 0.15) is 5.82 Å². The van der Waals surface area contributed by atoms with Crippen molar-refractivity contribution in [3.05, 3.63) is 35.6 Å². The summed E-state index contributed by atoms with van der Waals surface area (Å²) in [7, 11) is 0. The second-order valence-corrected chi connectivity index (χ2v) is 5.15. The van der Waals surface area contributed by atoms with Gasteiger partial charge in [0.2, 0.25) is 0 Å². The van der Waals surface area contributed by atoms with Gasteiger partial charge in [0.05, 0.1) is 5.60 Å². The van der Waals surface area contributed by atoms with Crippen LogP contribution in [0.5, 0.6) is 0 Å². The molecule has 17 heavy (non-hydrogen) atoms. The van der Waals surface area contributed by atoms with Crippen LogP contribution < -0.4 is 0 Å². The van der Waals surface area contributed by atoms with Gasteiger partial charge >= 0.3 is 0 Å². The zero-order valence-corrected chi connectivity index (χ0v) is 11.0. The van der Waals surface area contributed by atoms with Crippen LogP contribution >= 0.6 is 0 Å². The molecular weight excluding hydrogens is 215 g/mol. The molecular formula is C15H23FO. The fourth-order valence-electron chi connectivity index (χ4n) is 2.14. The van der Waals surface area contributed by atoms with Crippen molar-refractivity contribution in [3.8, 4) is 0 Å². The minimum atomic E-state index is -1.01. The predicted molar refractivity (Wildman–Crippen MR) is 69.3 cm³/mol. The van der Waals surface area contributed by atoms with Gasteiger partial charge in [-0.1, -0.05) is 45.4 Å². The van der Waals surface area contributed by atoms with Crippen LogP contribution in [0.2, 0.25) is 0 Å². The summed E-state index contributed by atoms with van der Waals surface area (Å²) in [5.41, 5.74) is -0.577. The molecule has 0 radical (unpaired) electrons. The van der Waals surface area contributed by atoms with E-state index in [1.165, 1.54) is 6.07 Å². The Labute approximate surface area is 104 Å². The van der Waals surface area contributed by atoms with Crippen molar-refractivity contribution >= 4 is 0 Å². The Kier molecular flexibility index (Phi) is 5.13. The summed E-state index contributed by atoms with van der Waals surface area (Å²) in [6, 6.07) is 6.54. The average Bonchev–Trinajstić information content (AvgIpc) is 2.29. The highest BCUT2D eigenvalue weighted by Gasteiger charge is 2.29. The van der Waals surface area contributed by atoms with Crippen LogP contribution in [0.15, 0.2) is 24.3 Å². The lowest BCUT2D eigenvalue weighted by Crippen LogP contribution is -2.26. The highest BCUT2D eigenvalue weighted by Crippen LogP contribution is 2.32. The Bertz CT molecular complexity index is 349. The van der Waals surface area contributed by atoms with E-state index in [1.54, 1.807) is 18.2 Å². The molecule has 1 rings (SSSR count). The summed E-state index contributed by atoms with van der Waals surface area (Å²) < 4.78 is 13.7. The highest BCUT2D eigenvalue weighted by atomic mass is 19.1. The molecule has 1 unspecified atom stereocenters. The molecule has 0 aliphatic heterocycles. The van der Waals surface area contributed by atoms with Crippen molar-refractivity contribution in [2.24, 2.45) is 5.92 Å². The van der Waals surface area contributed by atoms with E-state index in [4.69, 9.17) is 0 Å². The van der Waals surface area contributed by atoms with Crippen molar-refractivity contribution in [3.63, 3.8) is 0 Å². The normalized spacial score (nSPS) is 14.9. The number of halogens is 1. The molecule has 1 nitrogen and oxygen atoms in total. The van der Waals surface area contributed by atoms with E-state index in [-0.39, 0.29) is 5.82 Å². The third-order valence-corrected chi connectivity index (χ3v) is 3.33. The molecule has 0 bridgehead atoms. The summed E-state index contributed by atoms with van der Waals surface area (Å²) in [6.45, 7) is 6.23. The smallest absolute Gasteiger partial charge is 0.129 e. The van der Waals surface area contributed by atoms with Gasteiger partial charge in [-0.2, -0.15) is 0 Å². The molecule has 0 heterocycles. The first-order valence-electron chi connectivity index (χ1n) is 6.47. The van der Waals surface area contributed by atoms with Gasteiger partial charge < -0.3 is 5.11 Å². The summed E-state index contributed by atoms with van der Waals surface area (Å²) in [5.74, 6) is 0.318. The van der Waals surface area contributed by atoms with Crippen LogP contribution in [0.4, 0.5) is 4.39 Å². The number of rotatable bonds is 6. The Morgan fingerprint density at radius 2 is 1.94 bits per heavy atom. The lowest BCUT2D eigenvalue weighted by atomic mass is 9.85. The summed E-state index contributed by atoms with van der Waals surface area (Å²) in [4.78, 5) is 0. The van der Waals surface area contributed by atoms with Crippen molar-refractivity contribution < 1.29 is 9.50 Å². The predicted octanol–water partition coefficient (Wildman–Crippen LogP) is 4.25. The number of aliphatic hydroxyl groups is 1. The second-order valence-electron chi connectivity index (χ2n) is 5.15. The van der Waals surface area contributed by atoms with Crippen molar-refractivity contribution in [2.45, 2.75) is 52.1 Å². The topological polar surface area (TPSA) is 20.2 Å². The van der Waals surface area contributed by atoms with Gasteiger partial charge in [-0.25, -0.2) is 4.39 Å². The Balaban J connectivity index is 2.78. The first-order valence-corrected chi connectivity index (χ1v) is 6.47. The van der Waals surface area contributed by atoms with Gasteiger partial charge in [0, 0.05) is 5.56 Å². The zero-order chi connectivity index (χ0) is 12.9. The maximum Gasteiger partial charge on any atom is 0.129 e. The molecule has 0 fully saturated rings. The van der Waals surface area contributed by atoms with Crippen LogP contribution in [-0.4, -0.2) is 5.11 Å². The first kappa shape index (κ1) is 14.2. The molecule has 0 aromatic heterocycles. The van der Waals surface area contributed by atoms with Crippen molar-refractivity contribution in [2.75, 3.05) is 0 Å². The van der Waals surface area contributed by atoms with E-state index in [9.17, 15) is 9.50 Å². The minimum Gasteiger partial charge on any atom is -0.385 e. The van der Waals surface area contributed by atoms with Gasteiger partial charge in [0.15, 0.2) is 0 Å². The molecule has 0 saturated carbocycles. The molecule has 96 valence electrons. The maximum atomic E-state index is 13.7. The molecule has 0 aliphatic rings. The highest BCUT2D eigenvalue weighted by molar-refractivity contribution is 5.24. The van der Waals surface area contributed by atoms with Crippen LogP contribution in [-0.2, 0) is 5.60 Å². The van der Waals surface area contributed by atoms with Crippen LogP contribution in [0.25, 0.3) is 0 Å². The summed E-state index contributed by atoms with van der Waals surface area (Å²) >= 11 is 0. The van der Waals surface area contributed by atoms with E-state index in [1.807, 2.05) is 6.92 Å². The number of benzene rings is 1. The number of hydrogen-bond donors (Lipinski definition) is 1. The number of hydrogen-bond acceptors (Lipinski definition) is 1. The lowest BCUT2D eigenvalue weighted by Gasteiger charge is -2.28. The Morgan fingerprint density at radius 3 is 2.47 bits per heavy atom. The van der Waals surface area contributed by atoms with Crippen LogP contribution in [0.3, 0.4) is 0 Å². The van der Waals surface area contributed by atoms with E-state index in [0.717, 1.165) is 12.8 Å². The molecule has 1 N–H and O–H groups in total. The van der Waals surface area contributed by atoms with Gasteiger partial charge in [0.25, 0.3) is 0 Å². The largest absolute Gasteiger partial charge is 0.385 e. The van der Waals surface area contributed by atoms with Crippen LogP contribution in [0.1, 0.15) is 52.0 Å². The molecule has 2 heteroatoms. The molecule has 0 spiro atoms. The molecule has 1 aromatic carbocycles. The van der Waals surface area contributed by atoms with E-state index >= 15 is 0 Å². The third-order valence-electron chi connectivity index (χ3n) is 3.33. The van der Waals surface area contributed by atoms with E-state index in [0.29, 0.717) is 24.3 Å². The monoisotopic (exact) mass is 238 g/mol. The minimum absolute atomic E-state index is 0.304. The quantitative estimate of drug-likeness (QED) is 0.785. The molecule has 0 amide bonds. The average molecular weight is 238 g/mol. The maximum absolute atomic E-state index is 13.7. The standard InChI is InChI=1S/C15H23FO/c1-4-15(17,11-7-8-12(2)3)13-9-5-6-10-14(13)16/h5-6,9-10,12,17H,4,7-8,11H2,1-3H3. The van der Waals surface area contributed by atoms with Gasteiger partial charge in [-0.3, -0.25) is 0 Å². The Morgan fingerprint density at radius 1 is 1.29 bits per heavy atom. The van der Waals surface area contributed by atoms with E-state index in [2.05, 4.69) is 13.8 Å². The van der Waals surface area contributed by atoms with Crippen molar-refractivity contribution in [1.29, 1.82) is 0 Å². The first-order chi connectivity index (χ1) is 7.99. The summed E-state index contributed by atoms with van der Waals surface area (Å²) in [5, 5.41) is 10.5. The lowest BCUT2D eigenvalue weighted by molar-refractivity contribution is 0.0167. The van der Waals surface area contributed by atoms with E-state index < -0.39 is 5.60 Å². The van der Waals surface area contributed by atoms with Gasteiger partial charge in [-0.15, -0.1) is 0 Å². The van der Waals surface area contributed by atoms with Gasteiger partial charge in [-0.05, 0) is 31.2 Å². The Hall–Kier alpha value is -0.890. The third kappa shape index (κ3) is 3.81. The van der Waals surface area contributed by atoms with Crippen molar-refractivity contribution in [1.82, 2.24) is 0 Å². The van der Waals surface area contributed by atoms with Crippen LogP contribution in [0, 0.1) is 11.7 Å². The molecule has 1 aromatic rings. The summed E-state index contributed by atoms with van der Waals surface area (Å²) in [6.07, 6.45) is 3.17. The zero-order valence-electron chi connectivity index (χ0n) is 11.0. The fraction of sp³-hybridized carbons (Fsp3) is 0.600. The SMILES string of the molecule is CCC(O)(CCCC(C)C)c1ccccc1F. The molecule has 0 aliphatic carbocycles. The second kappa shape index (κ2) is 6.15.